The molecular formula is C11H10ClN2O2. The summed E-state index contributed by atoms with van der Waals surface area (Å²) in [6.45, 7) is 0.547. The van der Waals surface area contributed by atoms with Crippen molar-refractivity contribution in [3.05, 3.63) is 35.2 Å². The van der Waals surface area contributed by atoms with Gasteiger partial charge in [-0.15, -0.1) is 0 Å². The minimum Gasteiger partial charge on any atom is -0.497 e. The first-order valence-electron chi connectivity index (χ1n) is 4.68. The van der Waals surface area contributed by atoms with Crippen LogP contribution in [0.1, 0.15) is 0 Å². The van der Waals surface area contributed by atoms with Crippen LogP contribution in [0.4, 0.5) is 0 Å². The van der Waals surface area contributed by atoms with Crippen molar-refractivity contribution in [3.8, 4) is 11.5 Å². The molecule has 0 aromatic heterocycles. The van der Waals surface area contributed by atoms with E-state index in [0.717, 1.165) is 0 Å². The predicted molar refractivity (Wildman–Crippen MR) is 62.2 cm³/mol. The van der Waals surface area contributed by atoms with E-state index in [1.807, 2.05) is 0 Å². The van der Waals surface area contributed by atoms with Gasteiger partial charge in [0.05, 0.1) is 24.9 Å². The fourth-order valence-electron chi connectivity index (χ4n) is 1.22. The lowest BCUT2D eigenvalue weighted by Crippen LogP contribution is -2.20. The van der Waals surface area contributed by atoms with E-state index in [1.165, 1.54) is 0 Å². The van der Waals surface area contributed by atoms with Crippen molar-refractivity contribution in [2.24, 2.45) is 4.99 Å². The van der Waals surface area contributed by atoms with Crippen LogP contribution in [0.3, 0.4) is 0 Å². The molecule has 0 amide bonds. The lowest BCUT2D eigenvalue weighted by Gasteiger charge is -2.12. The van der Waals surface area contributed by atoms with Crippen molar-refractivity contribution >= 4 is 17.9 Å². The first-order valence-corrected chi connectivity index (χ1v) is 5.05. The third kappa shape index (κ3) is 2.46. The standard InChI is InChI=1S/C11H10ClN2O2/c1-15-8-2-3-11(10(12)4-8)16-9-5-13-7-14-6-9/h2-5H,6H2,1H3,(H,13,14). The smallest absolute Gasteiger partial charge is 0.169 e. The van der Waals surface area contributed by atoms with Crippen LogP contribution >= 0.6 is 11.6 Å². The van der Waals surface area contributed by atoms with Gasteiger partial charge in [0, 0.05) is 6.07 Å². The lowest BCUT2D eigenvalue weighted by atomic mass is 10.3. The molecule has 1 aromatic carbocycles. The van der Waals surface area contributed by atoms with Gasteiger partial charge in [-0.05, 0) is 12.1 Å². The molecule has 4 nitrogen and oxygen atoms in total. The number of aliphatic imine (C=N–C) groups is 1. The molecule has 1 aromatic rings. The molecule has 2 rings (SSSR count). The zero-order chi connectivity index (χ0) is 11.4. The number of rotatable bonds is 3. The van der Waals surface area contributed by atoms with Gasteiger partial charge >= 0.3 is 0 Å². The fourth-order valence-corrected chi connectivity index (χ4v) is 1.43. The average molecular weight is 238 g/mol. The molecule has 83 valence electrons. The summed E-state index contributed by atoms with van der Waals surface area (Å²) < 4.78 is 10.6. The number of nitrogens with one attached hydrogen (secondary N) is 1. The van der Waals surface area contributed by atoms with Crippen molar-refractivity contribution in [1.82, 2.24) is 5.32 Å². The Morgan fingerprint density at radius 1 is 1.50 bits per heavy atom. The van der Waals surface area contributed by atoms with E-state index in [1.54, 1.807) is 31.5 Å². The first kappa shape index (κ1) is 10.8. The van der Waals surface area contributed by atoms with Crippen LogP contribution < -0.4 is 14.8 Å². The van der Waals surface area contributed by atoms with Crippen molar-refractivity contribution < 1.29 is 9.47 Å². The molecule has 0 atom stereocenters. The number of hydrogen-bond donors (Lipinski definition) is 1. The summed E-state index contributed by atoms with van der Waals surface area (Å²) in [6, 6.07) is 5.24. The Morgan fingerprint density at radius 2 is 2.38 bits per heavy atom. The topological polar surface area (TPSA) is 42.9 Å². The van der Waals surface area contributed by atoms with Crippen LogP contribution in [0, 0.1) is 0 Å². The number of benzene rings is 1. The maximum Gasteiger partial charge on any atom is 0.169 e. The Kier molecular flexibility index (Phi) is 3.31. The second-order valence-corrected chi connectivity index (χ2v) is 3.50. The molecule has 0 spiro atoms. The highest BCUT2D eigenvalue weighted by molar-refractivity contribution is 6.32. The summed E-state index contributed by atoms with van der Waals surface area (Å²) in [5, 5.41) is 3.32. The quantitative estimate of drug-likeness (QED) is 0.875. The predicted octanol–water partition coefficient (Wildman–Crippen LogP) is 2.08. The van der Waals surface area contributed by atoms with E-state index in [-0.39, 0.29) is 0 Å². The van der Waals surface area contributed by atoms with Gasteiger partial charge in [0.2, 0.25) is 0 Å². The molecule has 1 aliphatic heterocycles. The SMILES string of the molecule is COc1ccc(OC2=CN=[C]NC2)c(Cl)c1. The highest BCUT2D eigenvalue weighted by atomic mass is 35.5. The van der Waals surface area contributed by atoms with E-state index in [2.05, 4.69) is 16.6 Å². The van der Waals surface area contributed by atoms with Gasteiger partial charge in [-0.2, -0.15) is 0 Å². The Hall–Kier alpha value is -1.68. The van der Waals surface area contributed by atoms with Gasteiger partial charge in [-0.1, -0.05) is 11.6 Å². The molecular weight excluding hydrogens is 228 g/mol. The maximum absolute atomic E-state index is 6.03. The summed E-state index contributed by atoms with van der Waals surface area (Å²) in [5.41, 5.74) is 0. The van der Waals surface area contributed by atoms with Crippen LogP contribution in [0.25, 0.3) is 0 Å². The van der Waals surface area contributed by atoms with Crippen molar-refractivity contribution in [3.63, 3.8) is 0 Å². The average Bonchev–Trinajstić information content (AvgIpc) is 2.33. The van der Waals surface area contributed by atoms with Crippen LogP contribution in [0.2, 0.25) is 5.02 Å². The minimum atomic E-state index is 0.499. The van der Waals surface area contributed by atoms with Crippen molar-refractivity contribution in [2.75, 3.05) is 13.7 Å². The van der Waals surface area contributed by atoms with Gasteiger partial charge in [0.25, 0.3) is 0 Å². The van der Waals surface area contributed by atoms with E-state index in [0.29, 0.717) is 28.8 Å². The Labute approximate surface area is 98.5 Å². The Morgan fingerprint density at radius 3 is 3.00 bits per heavy atom. The number of ether oxygens (including phenoxy) is 2. The Bertz CT molecular complexity index is 444. The van der Waals surface area contributed by atoms with Crippen LogP contribution in [0.5, 0.6) is 11.5 Å². The van der Waals surface area contributed by atoms with Crippen LogP contribution in [-0.4, -0.2) is 20.0 Å². The number of hydrogen-bond acceptors (Lipinski definition) is 4. The van der Waals surface area contributed by atoms with Crippen LogP contribution in [-0.2, 0) is 0 Å². The molecule has 5 heteroatoms. The monoisotopic (exact) mass is 237 g/mol. The summed E-state index contributed by atoms with van der Waals surface area (Å²) in [5.74, 6) is 1.96. The fraction of sp³-hybridized carbons (Fsp3) is 0.182. The maximum atomic E-state index is 6.03. The van der Waals surface area contributed by atoms with E-state index >= 15 is 0 Å². The highest BCUT2D eigenvalue weighted by Crippen LogP contribution is 2.29. The molecule has 0 aliphatic carbocycles. The summed E-state index contributed by atoms with van der Waals surface area (Å²) in [4.78, 5) is 3.80. The molecule has 0 unspecified atom stereocenters. The number of methoxy groups -OCH3 is 1. The summed E-state index contributed by atoms with van der Waals surface area (Å²) in [7, 11) is 1.59. The molecule has 0 saturated heterocycles. The van der Waals surface area contributed by atoms with Crippen molar-refractivity contribution in [1.29, 1.82) is 0 Å². The third-order valence-electron chi connectivity index (χ3n) is 1.99. The van der Waals surface area contributed by atoms with Gasteiger partial charge in [0.1, 0.15) is 17.3 Å². The van der Waals surface area contributed by atoms with Gasteiger partial charge in [-0.25, -0.2) is 4.99 Å². The molecule has 16 heavy (non-hydrogen) atoms. The van der Waals surface area contributed by atoms with E-state index in [4.69, 9.17) is 21.1 Å². The minimum absolute atomic E-state index is 0.499. The molecule has 1 aliphatic rings. The summed E-state index contributed by atoms with van der Waals surface area (Å²) in [6.07, 6.45) is 4.19. The summed E-state index contributed by atoms with van der Waals surface area (Å²) >= 11 is 6.03. The molecule has 0 bridgehead atoms. The molecule has 0 fully saturated rings. The lowest BCUT2D eigenvalue weighted by molar-refractivity contribution is 0.400. The zero-order valence-corrected chi connectivity index (χ0v) is 9.41. The third-order valence-corrected chi connectivity index (χ3v) is 2.29. The zero-order valence-electron chi connectivity index (χ0n) is 8.66. The highest BCUT2D eigenvalue weighted by Gasteiger charge is 2.07. The van der Waals surface area contributed by atoms with Gasteiger partial charge in [0.15, 0.2) is 6.34 Å². The molecule has 1 heterocycles. The van der Waals surface area contributed by atoms with Crippen LogP contribution in [0.15, 0.2) is 35.2 Å². The van der Waals surface area contributed by atoms with Gasteiger partial charge < -0.3 is 14.8 Å². The van der Waals surface area contributed by atoms with E-state index < -0.39 is 0 Å². The number of halogens is 1. The molecule has 1 radical (unpaired) electrons. The second-order valence-electron chi connectivity index (χ2n) is 3.09. The largest absolute Gasteiger partial charge is 0.497 e. The van der Waals surface area contributed by atoms with Gasteiger partial charge in [-0.3, -0.25) is 0 Å². The number of nitrogens with zero attached hydrogens (tertiary/aromatic N) is 1. The van der Waals surface area contributed by atoms with E-state index in [9.17, 15) is 0 Å². The normalized spacial score (nSPS) is 14.0. The second kappa shape index (κ2) is 4.90. The first-order chi connectivity index (χ1) is 7.79. The molecule has 0 saturated carbocycles. The Balaban J connectivity index is 2.15. The van der Waals surface area contributed by atoms with Crippen molar-refractivity contribution in [2.45, 2.75) is 0 Å². The molecule has 1 N–H and O–H groups in total.